The molecule has 1 rings (SSSR count). The minimum absolute atomic E-state index is 0.162. The molecule has 0 aliphatic rings. The van der Waals surface area contributed by atoms with E-state index in [1.54, 1.807) is 18.3 Å². The number of pyridine rings is 1. The largest absolute Gasteiger partial charge is 0.444 e. The molecule has 9 heteroatoms. The van der Waals surface area contributed by atoms with Gasteiger partial charge in [0.25, 0.3) is 5.91 Å². The zero-order chi connectivity index (χ0) is 20.8. The van der Waals surface area contributed by atoms with E-state index in [-0.39, 0.29) is 5.91 Å². The second-order valence-electron chi connectivity index (χ2n) is 6.97. The zero-order valence-electron chi connectivity index (χ0n) is 17.2. The Morgan fingerprint density at radius 1 is 1.11 bits per heavy atom. The molecule has 0 unspecified atom stereocenters. The predicted molar refractivity (Wildman–Crippen MR) is 109 cm³/mol. The summed E-state index contributed by atoms with van der Waals surface area (Å²) in [5.74, 6) is 0.500. The number of nitrogens with zero attached hydrogens (tertiary/aromatic N) is 2. The van der Waals surface area contributed by atoms with Gasteiger partial charge in [-0.2, -0.15) is 0 Å². The molecule has 0 saturated heterocycles. The van der Waals surface area contributed by atoms with Gasteiger partial charge in [-0.3, -0.25) is 14.8 Å². The van der Waals surface area contributed by atoms with Gasteiger partial charge in [-0.25, -0.2) is 4.79 Å². The highest BCUT2D eigenvalue weighted by Crippen LogP contribution is 2.06. The van der Waals surface area contributed by atoms with Gasteiger partial charge in [0.1, 0.15) is 5.60 Å². The Labute approximate surface area is 166 Å². The summed E-state index contributed by atoms with van der Waals surface area (Å²) < 4.78 is 5.17. The normalized spacial score (nSPS) is 11.5. The second-order valence-corrected chi connectivity index (χ2v) is 6.97. The van der Waals surface area contributed by atoms with Gasteiger partial charge in [0, 0.05) is 45.1 Å². The lowest BCUT2D eigenvalue weighted by atomic mass is 10.2. The number of amides is 2. The predicted octanol–water partition coefficient (Wildman–Crippen LogP) is 1.28. The lowest BCUT2D eigenvalue weighted by Crippen LogP contribution is -2.41. The molecule has 1 heterocycles. The van der Waals surface area contributed by atoms with Crippen LogP contribution in [0.2, 0.25) is 0 Å². The number of alkyl carbamates (subject to hydrolysis) is 1. The van der Waals surface area contributed by atoms with Crippen molar-refractivity contribution in [3.63, 3.8) is 0 Å². The van der Waals surface area contributed by atoms with Crippen molar-refractivity contribution in [2.75, 3.05) is 32.7 Å². The highest BCUT2D eigenvalue weighted by Gasteiger charge is 2.15. The Morgan fingerprint density at radius 2 is 1.86 bits per heavy atom. The van der Waals surface area contributed by atoms with E-state index in [1.807, 2.05) is 27.7 Å². The highest BCUT2D eigenvalue weighted by atomic mass is 16.6. The van der Waals surface area contributed by atoms with Crippen LogP contribution in [0.15, 0.2) is 29.5 Å². The van der Waals surface area contributed by atoms with Crippen LogP contribution in [0.5, 0.6) is 0 Å². The van der Waals surface area contributed by atoms with Gasteiger partial charge >= 0.3 is 6.09 Å². The number of guanidine groups is 1. The average molecular weight is 393 g/mol. The molecule has 4 N–H and O–H groups in total. The summed E-state index contributed by atoms with van der Waals surface area (Å²) in [6.45, 7) is 10.2. The fraction of sp³-hybridized carbons (Fsp3) is 0.579. The number of nitrogens with one attached hydrogen (secondary N) is 4. The maximum Gasteiger partial charge on any atom is 0.407 e. The van der Waals surface area contributed by atoms with Gasteiger partial charge in [0.15, 0.2) is 5.96 Å². The molecular formula is C19H32N6O3. The molecule has 1 aromatic rings. The van der Waals surface area contributed by atoms with Gasteiger partial charge in [0.05, 0.1) is 5.56 Å². The van der Waals surface area contributed by atoms with E-state index in [0.717, 1.165) is 6.54 Å². The third-order valence-electron chi connectivity index (χ3n) is 3.24. The fourth-order valence-corrected chi connectivity index (χ4v) is 2.07. The molecule has 28 heavy (non-hydrogen) atoms. The number of aliphatic imine (C=N–C) groups is 1. The molecular weight excluding hydrogens is 360 g/mol. The van der Waals surface area contributed by atoms with Gasteiger partial charge < -0.3 is 26.0 Å². The van der Waals surface area contributed by atoms with E-state index < -0.39 is 11.7 Å². The van der Waals surface area contributed by atoms with E-state index in [2.05, 4.69) is 31.2 Å². The van der Waals surface area contributed by atoms with Gasteiger partial charge in [0.2, 0.25) is 0 Å². The number of hydrogen-bond donors (Lipinski definition) is 4. The number of carbonyl (C=O) groups is 2. The summed E-state index contributed by atoms with van der Waals surface area (Å²) >= 11 is 0. The van der Waals surface area contributed by atoms with Crippen LogP contribution in [-0.2, 0) is 4.74 Å². The van der Waals surface area contributed by atoms with Crippen molar-refractivity contribution in [1.82, 2.24) is 26.3 Å². The van der Waals surface area contributed by atoms with Crippen LogP contribution in [0.3, 0.4) is 0 Å². The number of carbonyl (C=O) groups excluding carboxylic acids is 2. The summed E-state index contributed by atoms with van der Waals surface area (Å²) in [4.78, 5) is 31.9. The monoisotopic (exact) mass is 392 g/mol. The van der Waals surface area contributed by atoms with Crippen molar-refractivity contribution in [3.8, 4) is 0 Å². The SMILES string of the molecule is CCNC(=NCCCNC(=O)OC(C)(C)C)NCCNC(=O)c1cccnc1. The minimum atomic E-state index is -0.503. The van der Waals surface area contributed by atoms with Crippen molar-refractivity contribution in [3.05, 3.63) is 30.1 Å². The first-order valence-corrected chi connectivity index (χ1v) is 9.49. The maximum atomic E-state index is 11.9. The molecule has 0 aliphatic carbocycles. The number of rotatable bonds is 9. The summed E-state index contributed by atoms with van der Waals surface area (Å²) in [6, 6.07) is 3.44. The van der Waals surface area contributed by atoms with Gasteiger partial charge in [-0.15, -0.1) is 0 Å². The Morgan fingerprint density at radius 3 is 2.50 bits per heavy atom. The highest BCUT2D eigenvalue weighted by molar-refractivity contribution is 5.93. The van der Waals surface area contributed by atoms with Crippen molar-refractivity contribution < 1.29 is 14.3 Å². The molecule has 1 aromatic heterocycles. The molecule has 0 atom stereocenters. The number of ether oxygens (including phenoxy) is 1. The van der Waals surface area contributed by atoms with Crippen molar-refractivity contribution in [1.29, 1.82) is 0 Å². The first-order valence-electron chi connectivity index (χ1n) is 9.49. The topological polar surface area (TPSA) is 117 Å². The maximum absolute atomic E-state index is 11.9. The lowest BCUT2D eigenvalue weighted by Gasteiger charge is -2.19. The van der Waals surface area contributed by atoms with E-state index in [0.29, 0.717) is 44.1 Å². The number of aromatic nitrogens is 1. The van der Waals surface area contributed by atoms with Crippen LogP contribution in [0, 0.1) is 0 Å². The van der Waals surface area contributed by atoms with Crippen molar-refractivity contribution in [2.45, 2.75) is 39.7 Å². The van der Waals surface area contributed by atoms with Crippen LogP contribution >= 0.6 is 0 Å². The zero-order valence-corrected chi connectivity index (χ0v) is 17.2. The summed E-state index contributed by atoms with van der Waals surface area (Å²) in [5.41, 5.74) is 0.0251. The Balaban J connectivity index is 2.24. The molecule has 0 bridgehead atoms. The molecule has 0 aliphatic heterocycles. The molecule has 0 aromatic carbocycles. The van der Waals surface area contributed by atoms with Gasteiger partial charge in [-0.05, 0) is 46.2 Å². The van der Waals surface area contributed by atoms with Crippen LogP contribution in [0.25, 0.3) is 0 Å². The van der Waals surface area contributed by atoms with E-state index in [1.165, 1.54) is 6.20 Å². The smallest absolute Gasteiger partial charge is 0.407 e. The molecule has 9 nitrogen and oxygen atoms in total. The minimum Gasteiger partial charge on any atom is -0.444 e. The van der Waals surface area contributed by atoms with Crippen LogP contribution in [0.1, 0.15) is 44.5 Å². The average Bonchev–Trinajstić information content (AvgIpc) is 2.63. The molecule has 2 amide bonds. The fourth-order valence-electron chi connectivity index (χ4n) is 2.07. The van der Waals surface area contributed by atoms with E-state index >= 15 is 0 Å². The van der Waals surface area contributed by atoms with Crippen LogP contribution in [0.4, 0.5) is 4.79 Å². The second kappa shape index (κ2) is 12.5. The quantitative estimate of drug-likeness (QED) is 0.286. The molecule has 0 saturated carbocycles. The van der Waals surface area contributed by atoms with Crippen molar-refractivity contribution in [2.24, 2.45) is 4.99 Å². The summed E-state index contributed by atoms with van der Waals surface area (Å²) in [5, 5.41) is 11.8. The molecule has 156 valence electrons. The molecule has 0 radical (unpaired) electrons. The van der Waals surface area contributed by atoms with Gasteiger partial charge in [-0.1, -0.05) is 0 Å². The van der Waals surface area contributed by atoms with Crippen LogP contribution in [-0.4, -0.2) is 61.3 Å². The Kier molecular flexibility index (Phi) is 10.4. The molecule has 0 fully saturated rings. The van der Waals surface area contributed by atoms with Crippen LogP contribution < -0.4 is 21.3 Å². The standard InChI is InChI=1S/C19H32N6O3/c1-5-21-17(23-10-7-11-25-18(27)28-19(2,3)4)24-13-12-22-16(26)15-8-6-9-20-14-15/h6,8-9,14H,5,7,10-13H2,1-4H3,(H,22,26)(H,25,27)(H2,21,23,24). The Hall–Kier alpha value is -2.84. The summed E-state index contributed by atoms with van der Waals surface area (Å²) in [7, 11) is 0. The Bertz CT molecular complexity index is 628. The third kappa shape index (κ3) is 11.0. The first-order chi connectivity index (χ1) is 13.3. The van der Waals surface area contributed by atoms with Crippen molar-refractivity contribution >= 4 is 18.0 Å². The number of hydrogen-bond acceptors (Lipinski definition) is 5. The summed E-state index contributed by atoms with van der Waals surface area (Å²) in [6.07, 6.45) is 3.42. The molecule has 0 spiro atoms. The lowest BCUT2D eigenvalue weighted by molar-refractivity contribution is 0.0527. The van der Waals surface area contributed by atoms with E-state index in [4.69, 9.17) is 4.74 Å². The third-order valence-corrected chi connectivity index (χ3v) is 3.24. The first kappa shape index (κ1) is 23.2. The van der Waals surface area contributed by atoms with E-state index in [9.17, 15) is 9.59 Å².